The number of aromatic nitrogens is 3. The van der Waals surface area contributed by atoms with E-state index >= 15 is 0 Å². The fourth-order valence-corrected chi connectivity index (χ4v) is 2.07. The van der Waals surface area contributed by atoms with Gasteiger partial charge in [-0.15, -0.1) is 10.2 Å². The average molecular weight is 223 g/mol. The number of nitrogens with zero attached hydrogens (tertiary/aromatic N) is 4. The molecule has 1 N–H and O–H groups in total. The third-order valence-corrected chi connectivity index (χ3v) is 3.00. The highest BCUT2D eigenvalue weighted by molar-refractivity contribution is 4.88. The minimum absolute atomic E-state index is 0.440. The molecule has 1 saturated heterocycles. The summed E-state index contributed by atoms with van der Waals surface area (Å²) < 4.78 is 2.15. The molecule has 0 spiro atoms. The third-order valence-electron chi connectivity index (χ3n) is 3.00. The minimum atomic E-state index is 0.440. The van der Waals surface area contributed by atoms with Crippen molar-refractivity contribution >= 4 is 0 Å². The van der Waals surface area contributed by atoms with E-state index < -0.39 is 0 Å². The Morgan fingerprint density at radius 1 is 1.38 bits per heavy atom. The SMILES string of the molecule is CC(C)n1cnnc1CN1CCCNCC1. The van der Waals surface area contributed by atoms with Crippen LogP contribution in [0.25, 0.3) is 0 Å². The summed E-state index contributed by atoms with van der Waals surface area (Å²) in [5, 5.41) is 11.6. The van der Waals surface area contributed by atoms with Crippen LogP contribution in [0.15, 0.2) is 6.33 Å². The van der Waals surface area contributed by atoms with Gasteiger partial charge in [-0.2, -0.15) is 0 Å². The van der Waals surface area contributed by atoms with Crippen molar-refractivity contribution in [3.8, 4) is 0 Å². The molecule has 90 valence electrons. The zero-order chi connectivity index (χ0) is 11.4. The summed E-state index contributed by atoms with van der Waals surface area (Å²) in [6.45, 7) is 9.71. The van der Waals surface area contributed by atoms with Crippen LogP contribution in [0.2, 0.25) is 0 Å². The van der Waals surface area contributed by atoms with Gasteiger partial charge in [0.15, 0.2) is 0 Å². The standard InChI is InChI=1S/C11H21N5/c1-10(2)16-9-13-14-11(16)8-15-6-3-4-12-5-7-15/h9-10,12H,3-8H2,1-2H3. The van der Waals surface area contributed by atoms with Crippen LogP contribution >= 0.6 is 0 Å². The second-order valence-electron chi connectivity index (χ2n) is 4.63. The molecule has 0 bridgehead atoms. The van der Waals surface area contributed by atoms with E-state index in [1.54, 1.807) is 0 Å². The van der Waals surface area contributed by atoms with Crippen LogP contribution in [0.3, 0.4) is 0 Å². The molecular formula is C11H21N5. The first-order valence-electron chi connectivity index (χ1n) is 6.09. The van der Waals surface area contributed by atoms with E-state index in [-0.39, 0.29) is 0 Å². The van der Waals surface area contributed by atoms with Crippen LogP contribution in [0, 0.1) is 0 Å². The summed E-state index contributed by atoms with van der Waals surface area (Å²) in [6, 6.07) is 0.440. The quantitative estimate of drug-likeness (QED) is 0.817. The van der Waals surface area contributed by atoms with Gasteiger partial charge >= 0.3 is 0 Å². The molecule has 16 heavy (non-hydrogen) atoms. The van der Waals surface area contributed by atoms with Gasteiger partial charge in [-0.1, -0.05) is 0 Å². The van der Waals surface area contributed by atoms with Crippen LogP contribution in [0.5, 0.6) is 0 Å². The molecule has 0 unspecified atom stereocenters. The number of hydrogen-bond donors (Lipinski definition) is 1. The molecule has 2 rings (SSSR count). The number of hydrogen-bond acceptors (Lipinski definition) is 4. The summed E-state index contributed by atoms with van der Waals surface area (Å²) >= 11 is 0. The van der Waals surface area contributed by atoms with Crippen molar-refractivity contribution < 1.29 is 0 Å². The fourth-order valence-electron chi connectivity index (χ4n) is 2.07. The van der Waals surface area contributed by atoms with Gasteiger partial charge in [0.2, 0.25) is 0 Å². The van der Waals surface area contributed by atoms with Gasteiger partial charge in [-0.05, 0) is 33.4 Å². The van der Waals surface area contributed by atoms with Gasteiger partial charge in [0, 0.05) is 19.1 Å². The molecule has 1 aromatic heterocycles. The maximum absolute atomic E-state index is 4.21. The Hall–Kier alpha value is -0.940. The van der Waals surface area contributed by atoms with Crippen LogP contribution in [-0.4, -0.2) is 45.8 Å². The minimum Gasteiger partial charge on any atom is -0.315 e. The molecule has 0 aliphatic carbocycles. The highest BCUT2D eigenvalue weighted by atomic mass is 15.3. The average Bonchev–Trinajstić information content (AvgIpc) is 2.55. The van der Waals surface area contributed by atoms with Gasteiger partial charge in [0.05, 0.1) is 6.54 Å². The van der Waals surface area contributed by atoms with Gasteiger partial charge in [0.25, 0.3) is 0 Å². The number of nitrogens with one attached hydrogen (secondary N) is 1. The van der Waals surface area contributed by atoms with Crippen molar-refractivity contribution in [2.24, 2.45) is 0 Å². The molecule has 1 aliphatic rings. The van der Waals surface area contributed by atoms with E-state index in [0.717, 1.165) is 38.5 Å². The lowest BCUT2D eigenvalue weighted by atomic mass is 10.3. The molecule has 0 radical (unpaired) electrons. The van der Waals surface area contributed by atoms with Crippen LogP contribution in [0.4, 0.5) is 0 Å². The van der Waals surface area contributed by atoms with Crippen molar-refractivity contribution in [3.63, 3.8) is 0 Å². The zero-order valence-corrected chi connectivity index (χ0v) is 10.2. The summed E-state index contributed by atoms with van der Waals surface area (Å²) in [4.78, 5) is 2.45. The first kappa shape index (κ1) is 11.5. The Kier molecular flexibility index (Phi) is 3.90. The van der Waals surface area contributed by atoms with Gasteiger partial charge in [-0.25, -0.2) is 0 Å². The second kappa shape index (κ2) is 5.41. The van der Waals surface area contributed by atoms with Crippen molar-refractivity contribution in [3.05, 3.63) is 12.2 Å². The normalized spacial score (nSPS) is 18.9. The summed E-state index contributed by atoms with van der Waals surface area (Å²) in [7, 11) is 0. The highest BCUT2D eigenvalue weighted by Crippen LogP contribution is 2.09. The predicted molar refractivity (Wildman–Crippen MR) is 63.2 cm³/mol. The molecule has 5 heteroatoms. The van der Waals surface area contributed by atoms with Gasteiger partial charge in [-0.3, -0.25) is 4.90 Å². The van der Waals surface area contributed by atoms with E-state index in [0.29, 0.717) is 6.04 Å². The van der Waals surface area contributed by atoms with Gasteiger partial charge in [0.1, 0.15) is 12.2 Å². The predicted octanol–water partition coefficient (Wildman–Crippen LogP) is 0.654. The first-order chi connectivity index (χ1) is 7.77. The van der Waals surface area contributed by atoms with E-state index in [2.05, 4.69) is 38.8 Å². The Labute approximate surface area is 96.8 Å². The maximum Gasteiger partial charge on any atom is 0.147 e. The van der Waals surface area contributed by atoms with Crippen molar-refractivity contribution in [2.45, 2.75) is 32.9 Å². The lowest BCUT2D eigenvalue weighted by Crippen LogP contribution is -2.29. The summed E-state index contributed by atoms with van der Waals surface area (Å²) in [5.41, 5.74) is 0. The lowest BCUT2D eigenvalue weighted by Gasteiger charge is -2.20. The molecule has 1 aliphatic heterocycles. The Bertz CT molecular complexity index is 312. The smallest absolute Gasteiger partial charge is 0.147 e. The molecule has 0 atom stereocenters. The molecule has 1 aromatic rings. The molecule has 1 fully saturated rings. The largest absolute Gasteiger partial charge is 0.315 e. The Balaban J connectivity index is 1.99. The highest BCUT2D eigenvalue weighted by Gasteiger charge is 2.13. The molecule has 5 nitrogen and oxygen atoms in total. The van der Waals surface area contributed by atoms with E-state index in [1.807, 2.05) is 6.33 Å². The maximum atomic E-state index is 4.21. The Morgan fingerprint density at radius 3 is 3.06 bits per heavy atom. The lowest BCUT2D eigenvalue weighted by molar-refractivity contribution is 0.270. The first-order valence-corrected chi connectivity index (χ1v) is 6.09. The second-order valence-corrected chi connectivity index (χ2v) is 4.63. The molecular weight excluding hydrogens is 202 g/mol. The van der Waals surface area contributed by atoms with Crippen molar-refractivity contribution in [2.75, 3.05) is 26.2 Å². The molecule has 0 amide bonds. The van der Waals surface area contributed by atoms with Crippen molar-refractivity contribution in [1.29, 1.82) is 0 Å². The molecule has 0 aromatic carbocycles. The van der Waals surface area contributed by atoms with Crippen LogP contribution in [0.1, 0.15) is 32.1 Å². The van der Waals surface area contributed by atoms with Crippen LogP contribution in [-0.2, 0) is 6.54 Å². The monoisotopic (exact) mass is 223 g/mol. The number of rotatable bonds is 3. The van der Waals surface area contributed by atoms with Crippen LogP contribution < -0.4 is 5.32 Å². The van der Waals surface area contributed by atoms with Crippen molar-refractivity contribution in [1.82, 2.24) is 25.0 Å². The van der Waals surface area contributed by atoms with E-state index in [4.69, 9.17) is 0 Å². The van der Waals surface area contributed by atoms with E-state index in [9.17, 15) is 0 Å². The fraction of sp³-hybridized carbons (Fsp3) is 0.818. The summed E-state index contributed by atoms with van der Waals surface area (Å²) in [6.07, 6.45) is 3.05. The molecule has 2 heterocycles. The third kappa shape index (κ3) is 2.80. The zero-order valence-electron chi connectivity index (χ0n) is 10.2. The molecule has 0 saturated carbocycles. The Morgan fingerprint density at radius 2 is 2.25 bits per heavy atom. The van der Waals surface area contributed by atoms with E-state index in [1.165, 1.54) is 6.42 Å². The van der Waals surface area contributed by atoms with Gasteiger partial charge < -0.3 is 9.88 Å². The summed E-state index contributed by atoms with van der Waals surface area (Å²) in [5.74, 6) is 1.08. The topological polar surface area (TPSA) is 46.0 Å².